The number of hydrogen-bond donors (Lipinski definition) is 0. The molecule has 1 amide bonds. The molecule has 3 aromatic rings. The van der Waals surface area contributed by atoms with Crippen LogP contribution in [0, 0.1) is 21.4 Å². The molecule has 1 aromatic heterocycles. The van der Waals surface area contributed by atoms with Crippen LogP contribution in [-0.2, 0) is 4.79 Å². The Morgan fingerprint density at radius 1 is 1.13 bits per heavy atom. The van der Waals surface area contributed by atoms with E-state index in [9.17, 15) is 20.2 Å². The predicted octanol–water partition coefficient (Wildman–Crippen LogP) is 5.13. The average molecular weight is 433 g/mol. The Balaban J connectivity index is 1.61. The monoisotopic (exact) mass is 433 g/mol. The first-order valence-corrected chi connectivity index (χ1v) is 9.82. The van der Waals surface area contributed by atoms with Crippen LogP contribution in [0.5, 0.6) is 0 Å². The van der Waals surface area contributed by atoms with Crippen LogP contribution in [0.2, 0.25) is 0 Å². The molecule has 2 heterocycles. The van der Waals surface area contributed by atoms with Crippen molar-refractivity contribution < 1.29 is 14.1 Å². The van der Waals surface area contributed by atoms with Gasteiger partial charge in [-0.05, 0) is 36.4 Å². The molecule has 4 rings (SSSR count). The van der Waals surface area contributed by atoms with Crippen LogP contribution in [0.1, 0.15) is 11.3 Å². The molecule has 1 aliphatic heterocycles. The van der Waals surface area contributed by atoms with E-state index in [1.807, 2.05) is 6.07 Å². The number of nitrogens with zero attached hydrogens (tertiary/aromatic N) is 3. The second-order valence-corrected chi connectivity index (χ2v) is 7.83. The highest BCUT2D eigenvalue weighted by Gasteiger charge is 2.33. The van der Waals surface area contributed by atoms with Crippen molar-refractivity contribution in [1.82, 2.24) is 0 Å². The van der Waals surface area contributed by atoms with Gasteiger partial charge in [0.05, 0.1) is 27.1 Å². The number of rotatable bonds is 4. The molecule has 7 nitrogen and oxygen atoms in total. The van der Waals surface area contributed by atoms with Crippen molar-refractivity contribution in [3.05, 3.63) is 87.0 Å². The van der Waals surface area contributed by atoms with E-state index >= 15 is 0 Å². The summed E-state index contributed by atoms with van der Waals surface area (Å²) in [4.78, 5) is 24.9. The van der Waals surface area contributed by atoms with E-state index in [4.69, 9.17) is 16.6 Å². The van der Waals surface area contributed by atoms with Crippen LogP contribution in [0.4, 0.5) is 11.4 Å². The zero-order chi connectivity index (χ0) is 21.3. The normalized spacial score (nSPS) is 14.9. The maximum atomic E-state index is 12.8. The first kappa shape index (κ1) is 19.6. The van der Waals surface area contributed by atoms with E-state index in [2.05, 4.69) is 6.07 Å². The number of nitriles is 1. The van der Waals surface area contributed by atoms with Crippen LogP contribution in [0.25, 0.3) is 17.4 Å². The highest BCUT2D eigenvalue weighted by atomic mass is 32.2. The van der Waals surface area contributed by atoms with E-state index in [0.717, 1.165) is 11.8 Å². The molecule has 0 unspecified atom stereocenters. The zero-order valence-electron chi connectivity index (χ0n) is 15.1. The van der Waals surface area contributed by atoms with Crippen LogP contribution in [0.15, 0.2) is 70.0 Å². The number of benzene rings is 2. The highest BCUT2D eigenvalue weighted by molar-refractivity contribution is 8.27. The number of carbonyl (C=O) groups is 1. The summed E-state index contributed by atoms with van der Waals surface area (Å²) in [5.74, 6) is 0.625. The predicted molar refractivity (Wildman–Crippen MR) is 118 cm³/mol. The molecule has 0 radical (unpaired) electrons. The molecule has 146 valence electrons. The van der Waals surface area contributed by atoms with Gasteiger partial charge in [-0.1, -0.05) is 36.1 Å². The Labute approximate surface area is 180 Å². The fourth-order valence-corrected chi connectivity index (χ4v) is 4.19. The first-order chi connectivity index (χ1) is 14.5. The van der Waals surface area contributed by atoms with Crippen molar-refractivity contribution in [3.8, 4) is 17.4 Å². The third-order valence-corrected chi connectivity index (χ3v) is 5.63. The van der Waals surface area contributed by atoms with E-state index in [1.54, 1.807) is 36.4 Å². The van der Waals surface area contributed by atoms with Crippen LogP contribution in [-0.4, -0.2) is 15.2 Å². The van der Waals surface area contributed by atoms with Crippen molar-refractivity contribution >= 4 is 51.7 Å². The molecule has 0 bridgehead atoms. The third kappa shape index (κ3) is 3.61. The van der Waals surface area contributed by atoms with Crippen molar-refractivity contribution in [2.75, 3.05) is 4.90 Å². The summed E-state index contributed by atoms with van der Waals surface area (Å²) < 4.78 is 6.13. The molecule has 0 N–H and O–H groups in total. The van der Waals surface area contributed by atoms with Crippen LogP contribution in [0.3, 0.4) is 0 Å². The minimum Gasteiger partial charge on any atom is -0.457 e. The zero-order valence-corrected chi connectivity index (χ0v) is 16.8. The molecule has 30 heavy (non-hydrogen) atoms. The smallest absolute Gasteiger partial charge is 0.270 e. The largest absolute Gasteiger partial charge is 0.457 e. The van der Waals surface area contributed by atoms with Gasteiger partial charge < -0.3 is 4.42 Å². The van der Waals surface area contributed by atoms with Gasteiger partial charge in [-0.15, -0.1) is 0 Å². The lowest BCUT2D eigenvalue weighted by atomic mass is 10.1. The van der Waals surface area contributed by atoms with Gasteiger partial charge in [0.1, 0.15) is 11.5 Å². The maximum Gasteiger partial charge on any atom is 0.270 e. The summed E-state index contributed by atoms with van der Waals surface area (Å²) in [5, 5.41) is 20.1. The van der Waals surface area contributed by atoms with Gasteiger partial charge >= 0.3 is 0 Å². The minimum atomic E-state index is -0.507. The molecule has 1 aliphatic rings. The first-order valence-electron chi connectivity index (χ1n) is 8.59. The third-order valence-electron chi connectivity index (χ3n) is 4.33. The summed E-state index contributed by atoms with van der Waals surface area (Å²) in [7, 11) is 0. The minimum absolute atomic E-state index is 0.0690. The lowest BCUT2D eigenvalue weighted by Crippen LogP contribution is -2.27. The number of carbonyl (C=O) groups excluding carboxylic acids is 1. The quantitative estimate of drug-likeness (QED) is 0.243. The van der Waals surface area contributed by atoms with Crippen molar-refractivity contribution in [3.63, 3.8) is 0 Å². The van der Waals surface area contributed by atoms with Gasteiger partial charge in [0.15, 0.2) is 4.32 Å². The van der Waals surface area contributed by atoms with E-state index in [0.29, 0.717) is 37.6 Å². The lowest BCUT2D eigenvalue weighted by Gasteiger charge is -2.13. The fourth-order valence-electron chi connectivity index (χ4n) is 2.91. The molecule has 0 saturated carbocycles. The molecule has 2 aromatic carbocycles. The number of furan rings is 1. The highest BCUT2D eigenvalue weighted by Crippen LogP contribution is 2.37. The number of nitro benzene ring substituents is 1. The second-order valence-electron chi connectivity index (χ2n) is 6.15. The van der Waals surface area contributed by atoms with Gasteiger partial charge in [-0.3, -0.25) is 19.8 Å². The molecular formula is C21H11N3O4S2. The molecule has 1 saturated heterocycles. The fraction of sp³-hybridized carbons (Fsp3) is 0. The average Bonchev–Trinajstić information content (AvgIpc) is 3.32. The second kappa shape index (κ2) is 7.94. The number of non-ortho nitro benzene ring substituents is 1. The topological polar surface area (TPSA) is 100 Å². The lowest BCUT2D eigenvalue weighted by molar-refractivity contribution is -0.384. The number of nitro groups is 1. The molecule has 0 spiro atoms. The Morgan fingerprint density at radius 2 is 1.87 bits per heavy atom. The number of hydrogen-bond acceptors (Lipinski definition) is 7. The summed E-state index contributed by atoms with van der Waals surface area (Å²) in [6.45, 7) is 0. The molecule has 0 aliphatic carbocycles. The number of anilines is 1. The molecule has 1 fully saturated rings. The van der Waals surface area contributed by atoms with Crippen LogP contribution < -0.4 is 4.90 Å². The summed E-state index contributed by atoms with van der Waals surface area (Å²) in [6, 6.07) is 18.3. The van der Waals surface area contributed by atoms with Gasteiger partial charge in [-0.25, -0.2) is 0 Å². The SMILES string of the molecule is N#Cc1ccccc1-c1ccc(/C=C2\SC(=S)N(c3ccc([N+](=O)[O-])cc3)C2=O)o1. The standard InChI is InChI=1S/C21H11N3O4S2/c22-12-13-3-1-2-4-17(13)18-10-9-16(28-18)11-19-20(25)23(21(29)30-19)14-5-7-15(8-6-14)24(26)27/h1-11H/b19-11-. The van der Waals surface area contributed by atoms with E-state index in [1.165, 1.54) is 29.2 Å². The number of amides is 1. The molecular weight excluding hydrogens is 422 g/mol. The van der Waals surface area contributed by atoms with Gasteiger partial charge in [0, 0.05) is 23.8 Å². The van der Waals surface area contributed by atoms with Crippen molar-refractivity contribution in [1.29, 1.82) is 5.26 Å². The van der Waals surface area contributed by atoms with Crippen LogP contribution >= 0.6 is 24.0 Å². The Hall–Kier alpha value is -3.74. The van der Waals surface area contributed by atoms with E-state index in [-0.39, 0.29) is 11.6 Å². The summed E-state index contributed by atoms with van der Waals surface area (Å²) in [5.41, 5.74) is 1.54. The van der Waals surface area contributed by atoms with Gasteiger partial charge in [0.25, 0.3) is 11.6 Å². The Kier molecular flexibility index (Phi) is 5.18. The summed E-state index contributed by atoms with van der Waals surface area (Å²) in [6.07, 6.45) is 1.59. The summed E-state index contributed by atoms with van der Waals surface area (Å²) >= 11 is 6.44. The van der Waals surface area contributed by atoms with Gasteiger partial charge in [0.2, 0.25) is 0 Å². The number of thiocarbonyl (C=S) groups is 1. The number of thioether (sulfide) groups is 1. The van der Waals surface area contributed by atoms with Gasteiger partial charge in [-0.2, -0.15) is 5.26 Å². The maximum absolute atomic E-state index is 12.8. The Morgan fingerprint density at radius 3 is 2.57 bits per heavy atom. The van der Waals surface area contributed by atoms with E-state index < -0.39 is 4.92 Å². The van der Waals surface area contributed by atoms with Crippen molar-refractivity contribution in [2.24, 2.45) is 0 Å². The molecule has 9 heteroatoms. The van der Waals surface area contributed by atoms with Crippen molar-refractivity contribution in [2.45, 2.75) is 0 Å². The Bertz CT molecular complexity index is 1260. The molecule has 0 atom stereocenters.